The molecule has 1 unspecified atom stereocenters. The summed E-state index contributed by atoms with van der Waals surface area (Å²) < 4.78 is 0. The van der Waals surface area contributed by atoms with Gasteiger partial charge < -0.3 is 5.11 Å². The van der Waals surface area contributed by atoms with Gasteiger partial charge in [-0.1, -0.05) is 32.6 Å². The maximum atomic E-state index is 8.77. The standard InChI is InChI=1S/C10H20Cl2O/c1-2-3-4-5-6-9(7-8-13)10(11)12/h9-10,13H,2-8H2,1H3. The Morgan fingerprint density at radius 1 is 1.08 bits per heavy atom. The number of halogens is 2. The first-order valence-corrected chi connectivity index (χ1v) is 5.98. The number of alkyl halides is 2. The van der Waals surface area contributed by atoms with Crippen LogP contribution >= 0.6 is 23.2 Å². The molecule has 0 fully saturated rings. The predicted octanol–water partition coefficient (Wildman–Crippen LogP) is 3.76. The molecule has 1 atom stereocenters. The van der Waals surface area contributed by atoms with Gasteiger partial charge in [-0.2, -0.15) is 0 Å². The summed E-state index contributed by atoms with van der Waals surface area (Å²) in [6.07, 6.45) is 6.71. The average Bonchev–Trinajstić information content (AvgIpc) is 2.10. The molecule has 1 N–H and O–H groups in total. The lowest BCUT2D eigenvalue weighted by Gasteiger charge is -2.16. The van der Waals surface area contributed by atoms with E-state index in [0.29, 0.717) is 0 Å². The van der Waals surface area contributed by atoms with Crippen molar-refractivity contribution in [1.82, 2.24) is 0 Å². The Morgan fingerprint density at radius 2 is 1.77 bits per heavy atom. The molecule has 0 aromatic heterocycles. The van der Waals surface area contributed by atoms with Crippen LogP contribution in [0.5, 0.6) is 0 Å². The largest absolute Gasteiger partial charge is 0.396 e. The lowest BCUT2D eigenvalue weighted by Crippen LogP contribution is -2.11. The normalized spacial score (nSPS) is 13.6. The molecule has 0 saturated heterocycles. The molecule has 0 saturated carbocycles. The average molecular weight is 227 g/mol. The van der Waals surface area contributed by atoms with Crippen LogP contribution in [0.3, 0.4) is 0 Å². The Hall–Kier alpha value is 0.540. The topological polar surface area (TPSA) is 20.2 Å². The van der Waals surface area contributed by atoms with Crippen molar-refractivity contribution in [2.45, 2.75) is 50.3 Å². The predicted molar refractivity (Wildman–Crippen MR) is 59.4 cm³/mol. The fraction of sp³-hybridized carbons (Fsp3) is 1.00. The van der Waals surface area contributed by atoms with Crippen molar-refractivity contribution in [3.05, 3.63) is 0 Å². The van der Waals surface area contributed by atoms with Crippen molar-refractivity contribution in [1.29, 1.82) is 0 Å². The Kier molecular flexibility index (Phi) is 9.49. The van der Waals surface area contributed by atoms with Gasteiger partial charge in [0.15, 0.2) is 0 Å². The van der Waals surface area contributed by atoms with Crippen LogP contribution in [-0.4, -0.2) is 16.5 Å². The van der Waals surface area contributed by atoms with Crippen molar-refractivity contribution in [3.63, 3.8) is 0 Å². The van der Waals surface area contributed by atoms with Gasteiger partial charge in [-0.25, -0.2) is 0 Å². The number of unbranched alkanes of at least 4 members (excludes halogenated alkanes) is 3. The molecule has 80 valence electrons. The zero-order valence-electron chi connectivity index (χ0n) is 8.31. The van der Waals surface area contributed by atoms with Gasteiger partial charge in [0.2, 0.25) is 0 Å². The van der Waals surface area contributed by atoms with Crippen LogP contribution in [0.2, 0.25) is 0 Å². The van der Waals surface area contributed by atoms with Crippen LogP contribution in [0.25, 0.3) is 0 Å². The maximum absolute atomic E-state index is 8.77. The highest BCUT2D eigenvalue weighted by molar-refractivity contribution is 6.44. The Bertz CT molecular complexity index is 107. The number of aliphatic hydroxyl groups is 1. The molecule has 1 nitrogen and oxygen atoms in total. The van der Waals surface area contributed by atoms with Gasteiger partial charge in [0.25, 0.3) is 0 Å². The first-order valence-electron chi connectivity index (χ1n) is 5.11. The Labute approximate surface area is 91.4 Å². The second kappa shape index (κ2) is 9.11. The molecule has 0 aliphatic heterocycles. The molecule has 0 heterocycles. The van der Waals surface area contributed by atoms with E-state index in [4.69, 9.17) is 28.3 Å². The Balaban J connectivity index is 3.45. The molecule has 0 aromatic rings. The third-order valence-corrected chi connectivity index (χ3v) is 3.00. The fourth-order valence-electron chi connectivity index (χ4n) is 1.40. The molecular weight excluding hydrogens is 207 g/mol. The monoisotopic (exact) mass is 226 g/mol. The third kappa shape index (κ3) is 7.60. The maximum Gasteiger partial charge on any atom is 0.110 e. The third-order valence-electron chi connectivity index (χ3n) is 2.28. The van der Waals surface area contributed by atoms with E-state index in [1.54, 1.807) is 0 Å². The second-order valence-corrected chi connectivity index (χ2v) is 4.62. The number of rotatable bonds is 8. The summed E-state index contributed by atoms with van der Waals surface area (Å²) in [4.78, 5) is -0.325. The van der Waals surface area contributed by atoms with Crippen LogP contribution < -0.4 is 0 Å². The van der Waals surface area contributed by atoms with Gasteiger partial charge in [-0.3, -0.25) is 0 Å². The van der Waals surface area contributed by atoms with Crippen molar-refractivity contribution >= 4 is 23.2 Å². The highest BCUT2D eigenvalue weighted by atomic mass is 35.5. The van der Waals surface area contributed by atoms with E-state index >= 15 is 0 Å². The van der Waals surface area contributed by atoms with E-state index < -0.39 is 0 Å². The van der Waals surface area contributed by atoms with Crippen molar-refractivity contribution in [3.8, 4) is 0 Å². The van der Waals surface area contributed by atoms with Crippen molar-refractivity contribution in [2.24, 2.45) is 5.92 Å². The van der Waals surface area contributed by atoms with Crippen LogP contribution in [0.4, 0.5) is 0 Å². The molecule has 3 heteroatoms. The van der Waals surface area contributed by atoms with Crippen LogP contribution in [-0.2, 0) is 0 Å². The zero-order chi connectivity index (χ0) is 10.1. The minimum absolute atomic E-state index is 0.189. The van der Waals surface area contributed by atoms with Crippen LogP contribution in [0.1, 0.15) is 45.4 Å². The molecular formula is C10H20Cl2O. The van der Waals surface area contributed by atoms with E-state index in [-0.39, 0.29) is 17.4 Å². The van der Waals surface area contributed by atoms with Gasteiger partial charge in [0, 0.05) is 6.61 Å². The molecule has 0 aliphatic rings. The molecule has 0 bridgehead atoms. The second-order valence-electron chi connectivity index (χ2n) is 3.46. The molecule has 0 amide bonds. The zero-order valence-corrected chi connectivity index (χ0v) is 9.82. The van der Waals surface area contributed by atoms with Gasteiger partial charge >= 0.3 is 0 Å². The van der Waals surface area contributed by atoms with Crippen molar-refractivity contribution < 1.29 is 5.11 Å². The smallest absolute Gasteiger partial charge is 0.110 e. The molecule has 13 heavy (non-hydrogen) atoms. The number of hydrogen-bond acceptors (Lipinski definition) is 1. The lowest BCUT2D eigenvalue weighted by molar-refractivity contribution is 0.254. The van der Waals surface area contributed by atoms with E-state index in [0.717, 1.165) is 12.8 Å². The highest BCUT2D eigenvalue weighted by Gasteiger charge is 2.15. The van der Waals surface area contributed by atoms with Crippen LogP contribution in [0, 0.1) is 5.92 Å². The minimum Gasteiger partial charge on any atom is -0.396 e. The van der Waals surface area contributed by atoms with Gasteiger partial charge in [0.1, 0.15) is 4.84 Å². The Morgan fingerprint density at radius 3 is 2.23 bits per heavy atom. The SMILES string of the molecule is CCCCCCC(CCO)C(Cl)Cl. The molecule has 0 aliphatic carbocycles. The molecule has 0 radical (unpaired) electrons. The summed E-state index contributed by atoms with van der Waals surface area (Å²) in [5.74, 6) is 0.269. The quantitative estimate of drug-likeness (QED) is 0.494. The molecule has 0 spiro atoms. The summed E-state index contributed by atoms with van der Waals surface area (Å²) >= 11 is 11.6. The van der Waals surface area contributed by atoms with Crippen LogP contribution in [0.15, 0.2) is 0 Å². The van der Waals surface area contributed by atoms with Gasteiger partial charge in [-0.15, -0.1) is 23.2 Å². The molecule has 0 aromatic carbocycles. The van der Waals surface area contributed by atoms with Crippen molar-refractivity contribution in [2.75, 3.05) is 6.61 Å². The first kappa shape index (κ1) is 13.5. The summed E-state index contributed by atoms with van der Waals surface area (Å²) in [6.45, 7) is 2.38. The van der Waals surface area contributed by atoms with E-state index in [1.165, 1.54) is 25.7 Å². The summed E-state index contributed by atoms with van der Waals surface area (Å²) in [7, 11) is 0. The summed E-state index contributed by atoms with van der Waals surface area (Å²) in [5, 5.41) is 8.77. The summed E-state index contributed by atoms with van der Waals surface area (Å²) in [6, 6.07) is 0. The van der Waals surface area contributed by atoms with E-state index in [9.17, 15) is 0 Å². The lowest BCUT2D eigenvalue weighted by atomic mass is 9.99. The van der Waals surface area contributed by atoms with Gasteiger partial charge in [0.05, 0.1) is 0 Å². The number of aliphatic hydroxyl groups excluding tert-OH is 1. The molecule has 0 rings (SSSR count). The number of hydrogen-bond donors (Lipinski definition) is 1. The fourth-order valence-corrected chi connectivity index (χ4v) is 1.90. The first-order chi connectivity index (χ1) is 6.22. The van der Waals surface area contributed by atoms with E-state index in [2.05, 4.69) is 6.92 Å². The minimum atomic E-state index is -0.325. The highest BCUT2D eigenvalue weighted by Crippen LogP contribution is 2.24. The van der Waals surface area contributed by atoms with E-state index in [1.807, 2.05) is 0 Å². The summed E-state index contributed by atoms with van der Waals surface area (Å²) in [5.41, 5.74) is 0. The van der Waals surface area contributed by atoms with Gasteiger partial charge in [-0.05, 0) is 18.8 Å².